The van der Waals surface area contributed by atoms with Gasteiger partial charge in [-0.15, -0.1) is 0 Å². The van der Waals surface area contributed by atoms with Crippen LogP contribution in [0.1, 0.15) is 5.56 Å². The zero-order chi connectivity index (χ0) is 20.1. The van der Waals surface area contributed by atoms with Crippen molar-refractivity contribution in [3.8, 4) is 11.3 Å². The maximum atomic E-state index is 13.3. The molecule has 144 valence electrons. The quantitative estimate of drug-likeness (QED) is 0.444. The Morgan fingerprint density at radius 3 is 2.57 bits per heavy atom. The van der Waals surface area contributed by atoms with Gasteiger partial charge in [-0.05, 0) is 35.9 Å². The van der Waals surface area contributed by atoms with Crippen LogP contribution in [0.5, 0.6) is 0 Å². The summed E-state index contributed by atoms with van der Waals surface area (Å²) in [6.45, 7) is 0. The van der Waals surface area contributed by atoms with Crippen LogP contribution in [0.2, 0.25) is 5.02 Å². The second-order valence-electron chi connectivity index (χ2n) is 6.07. The number of halogens is 3. The van der Waals surface area contributed by atoms with Crippen molar-refractivity contribution < 1.29 is 17.2 Å². The molecule has 0 saturated heterocycles. The predicted molar refractivity (Wildman–Crippen MR) is 104 cm³/mol. The number of rotatable bonds is 3. The Hall–Kier alpha value is -2.23. The minimum absolute atomic E-state index is 0.0223. The van der Waals surface area contributed by atoms with Crippen molar-refractivity contribution in [1.29, 1.82) is 0 Å². The Morgan fingerprint density at radius 1 is 1.14 bits per heavy atom. The maximum absolute atomic E-state index is 13.3. The molecule has 1 aliphatic heterocycles. The van der Waals surface area contributed by atoms with Crippen molar-refractivity contribution in [3.05, 3.63) is 64.8 Å². The van der Waals surface area contributed by atoms with Crippen LogP contribution in [0.25, 0.3) is 11.3 Å². The number of hydrogen-bond donors (Lipinski definition) is 0. The summed E-state index contributed by atoms with van der Waals surface area (Å²) in [5, 5.41) is 0.731. The molecule has 3 aromatic rings. The molecular weight excluding hydrogens is 428 g/mol. The van der Waals surface area contributed by atoms with Crippen molar-refractivity contribution in [2.24, 2.45) is 0 Å². The molecule has 0 spiro atoms. The lowest BCUT2D eigenvalue weighted by atomic mass is 10.1. The second-order valence-corrected chi connectivity index (χ2v) is 9.38. The largest absolute Gasteiger partial charge is 0.269 e. The first kappa shape index (κ1) is 19.1. The van der Waals surface area contributed by atoms with Gasteiger partial charge in [-0.2, -0.15) is 0 Å². The van der Waals surface area contributed by atoms with Crippen LogP contribution in [0.15, 0.2) is 52.6 Å². The van der Waals surface area contributed by atoms with E-state index in [-0.39, 0.29) is 21.5 Å². The molecule has 0 N–H and O–H groups in total. The number of hydrogen-bond acceptors (Lipinski definition) is 5. The van der Waals surface area contributed by atoms with Gasteiger partial charge in [0, 0.05) is 29.5 Å². The smallest absolute Gasteiger partial charge is 0.267 e. The SMILES string of the molecule is CN1c2ccc(Cl)cc2-c2nc(SCc3cc(F)cc(F)c3)ncc2S1(=O)=O. The van der Waals surface area contributed by atoms with Gasteiger partial charge in [0.25, 0.3) is 10.0 Å². The van der Waals surface area contributed by atoms with Crippen LogP contribution in [0.3, 0.4) is 0 Å². The number of benzene rings is 2. The number of thioether (sulfide) groups is 1. The number of fused-ring (bicyclic) bond motifs is 3. The third-order valence-corrected chi connectivity index (χ3v) is 7.15. The van der Waals surface area contributed by atoms with Crippen molar-refractivity contribution in [3.63, 3.8) is 0 Å². The van der Waals surface area contributed by atoms with E-state index in [2.05, 4.69) is 9.97 Å². The summed E-state index contributed by atoms with van der Waals surface area (Å²) in [6.07, 6.45) is 1.24. The third kappa shape index (κ3) is 3.34. The van der Waals surface area contributed by atoms with Crippen LogP contribution >= 0.6 is 23.4 Å². The highest BCUT2D eigenvalue weighted by molar-refractivity contribution is 7.98. The zero-order valence-corrected chi connectivity index (χ0v) is 16.7. The van der Waals surface area contributed by atoms with E-state index in [9.17, 15) is 17.2 Å². The molecule has 0 amide bonds. The van der Waals surface area contributed by atoms with E-state index in [1.165, 1.54) is 25.4 Å². The summed E-state index contributed by atoms with van der Waals surface area (Å²) in [7, 11) is -2.33. The molecule has 2 heterocycles. The monoisotopic (exact) mass is 439 g/mol. The van der Waals surface area contributed by atoms with Crippen molar-refractivity contribution in [2.75, 3.05) is 11.4 Å². The molecule has 0 radical (unpaired) electrons. The first-order valence-electron chi connectivity index (χ1n) is 7.99. The average molecular weight is 440 g/mol. The summed E-state index contributed by atoms with van der Waals surface area (Å²) in [6, 6.07) is 8.11. The summed E-state index contributed by atoms with van der Waals surface area (Å²) in [5.41, 5.74) is 1.71. The lowest BCUT2D eigenvalue weighted by Crippen LogP contribution is -2.31. The second kappa shape index (κ2) is 6.98. The number of sulfonamides is 1. The molecule has 0 fully saturated rings. The van der Waals surface area contributed by atoms with Gasteiger partial charge in [-0.3, -0.25) is 4.31 Å². The first-order valence-corrected chi connectivity index (χ1v) is 10.8. The van der Waals surface area contributed by atoms with Crippen LogP contribution in [-0.2, 0) is 15.8 Å². The molecule has 0 saturated carbocycles. The number of aromatic nitrogens is 2. The van der Waals surface area contributed by atoms with Crippen LogP contribution in [-0.4, -0.2) is 25.4 Å². The Kier molecular flexibility index (Phi) is 4.76. The van der Waals surface area contributed by atoms with Crippen molar-refractivity contribution in [2.45, 2.75) is 15.8 Å². The van der Waals surface area contributed by atoms with Crippen LogP contribution in [0.4, 0.5) is 14.5 Å². The molecule has 0 bridgehead atoms. The third-order valence-electron chi connectivity index (χ3n) is 4.21. The Labute approximate surface area is 169 Å². The standard InChI is InChI=1S/C18H12ClF2N3O2S2/c1-24-15-3-2-11(19)6-14(15)17-16(28(24,25)26)8-22-18(23-17)27-9-10-4-12(20)7-13(21)5-10/h2-8H,9H2,1H3. The minimum atomic E-state index is -3.79. The van der Waals surface area contributed by atoms with Crippen molar-refractivity contribution in [1.82, 2.24) is 9.97 Å². The Morgan fingerprint density at radius 2 is 1.86 bits per heavy atom. The molecule has 10 heteroatoms. The normalized spacial score (nSPS) is 14.5. The van der Waals surface area contributed by atoms with Crippen LogP contribution < -0.4 is 4.31 Å². The highest BCUT2D eigenvalue weighted by Crippen LogP contribution is 2.42. The molecule has 0 atom stereocenters. The fraction of sp³-hybridized carbons (Fsp3) is 0.111. The lowest BCUT2D eigenvalue weighted by molar-refractivity contribution is 0.581. The Balaban J connectivity index is 1.74. The van der Waals surface area contributed by atoms with E-state index >= 15 is 0 Å². The van der Waals surface area contributed by atoms with E-state index in [1.807, 2.05) is 0 Å². The molecular formula is C18H12ClF2N3O2S2. The minimum Gasteiger partial charge on any atom is -0.269 e. The molecule has 2 aromatic carbocycles. The number of nitrogens with zero attached hydrogens (tertiary/aromatic N) is 3. The van der Waals surface area contributed by atoms with E-state index in [1.54, 1.807) is 18.2 Å². The van der Waals surface area contributed by atoms with Crippen molar-refractivity contribution >= 4 is 39.1 Å². The molecule has 1 aliphatic rings. The van der Waals surface area contributed by atoms with Gasteiger partial charge >= 0.3 is 0 Å². The Bertz CT molecular complexity index is 1190. The predicted octanol–water partition coefficient (Wildman–Crippen LogP) is 4.51. The van der Waals surface area contributed by atoms with Gasteiger partial charge in [0.15, 0.2) is 5.16 Å². The highest BCUT2D eigenvalue weighted by atomic mass is 35.5. The van der Waals surface area contributed by atoms with Gasteiger partial charge in [-0.25, -0.2) is 27.2 Å². The number of anilines is 1. The molecule has 28 heavy (non-hydrogen) atoms. The van der Waals surface area contributed by atoms with E-state index < -0.39 is 21.7 Å². The van der Waals surface area contributed by atoms with Crippen LogP contribution in [0, 0.1) is 11.6 Å². The molecule has 0 unspecified atom stereocenters. The molecule has 5 nitrogen and oxygen atoms in total. The van der Waals surface area contributed by atoms with E-state index in [4.69, 9.17) is 11.6 Å². The maximum Gasteiger partial charge on any atom is 0.267 e. The summed E-state index contributed by atoms with van der Waals surface area (Å²) in [4.78, 5) is 8.47. The summed E-state index contributed by atoms with van der Waals surface area (Å²) in [5.74, 6) is -1.11. The van der Waals surface area contributed by atoms with E-state index in [0.29, 0.717) is 21.8 Å². The zero-order valence-electron chi connectivity index (χ0n) is 14.4. The summed E-state index contributed by atoms with van der Waals surface area (Å²) >= 11 is 7.23. The van der Waals surface area contributed by atoms with Gasteiger partial charge in [0.2, 0.25) is 0 Å². The topological polar surface area (TPSA) is 63.2 Å². The van der Waals surface area contributed by atoms with Gasteiger partial charge in [0.05, 0.1) is 17.6 Å². The lowest BCUT2D eigenvalue weighted by Gasteiger charge is -2.28. The fourth-order valence-electron chi connectivity index (χ4n) is 2.90. The molecule has 0 aliphatic carbocycles. The fourth-order valence-corrected chi connectivity index (χ4v) is 5.11. The first-order chi connectivity index (χ1) is 13.3. The van der Waals surface area contributed by atoms with Gasteiger partial charge < -0.3 is 0 Å². The van der Waals surface area contributed by atoms with E-state index in [0.717, 1.165) is 22.1 Å². The molecule has 1 aromatic heterocycles. The van der Waals surface area contributed by atoms with Gasteiger partial charge in [0.1, 0.15) is 16.5 Å². The highest BCUT2D eigenvalue weighted by Gasteiger charge is 2.34. The van der Waals surface area contributed by atoms with Gasteiger partial charge in [-0.1, -0.05) is 23.4 Å². The molecule has 4 rings (SSSR count). The average Bonchev–Trinajstić information content (AvgIpc) is 2.64. The summed E-state index contributed by atoms with van der Waals surface area (Å²) < 4.78 is 53.3.